The summed E-state index contributed by atoms with van der Waals surface area (Å²) in [5, 5.41) is 12.9. The molecule has 4 rings (SSSR count). The zero-order valence-electron chi connectivity index (χ0n) is 16.7. The van der Waals surface area contributed by atoms with E-state index in [9.17, 15) is 28.9 Å². The van der Waals surface area contributed by atoms with Crippen molar-refractivity contribution in [2.24, 2.45) is 0 Å². The molecule has 0 aliphatic carbocycles. The topological polar surface area (TPSA) is 123 Å². The molecule has 1 saturated heterocycles. The third-order valence-electron chi connectivity index (χ3n) is 4.59. The van der Waals surface area contributed by atoms with Gasteiger partial charge in [0.15, 0.2) is 0 Å². The Hall–Kier alpha value is -4.25. The van der Waals surface area contributed by atoms with E-state index in [2.05, 4.69) is 5.32 Å². The highest BCUT2D eigenvalue weighted by Crippen LogP contribution is 2.35. The maximum Gasteiger partial charge on any atom is 0.294 e. The maximum atomic E-state index is 13.7. The number of thioether (sulfide) groups is 1. The molecule has 3 amide bonds. The first-order valence-corrected chi connectivity index (χ1v) is 10.3. The molecule has 1 N–H and O–H groups in total. The van der Waals surface area contributed by atoms with Crippen LogP contribution >= 0.6 is 11.8 Å². The SMILES string of the molecule is O=C(CN1C(=O)S/C(=C/c2ccc(-c3ccccc3[N+](=O)[O-])o2)C1=O)Nc1ccccc1F. The average Bonchev–Trinajstić information content (AvgIpc) is 3.35. The van der Waals surface area contributed by atoms with Crippen molar-refractivity contribution in [1.29, 1.82) is 0 Å². The summed E-state index contributed by atoms with van der Waals surface area (Å²) >= 11 is 0.617. The third-order valence-corrected chi connectivity index (χ3v) is 5.50. The molecule has 0 bridgehead atoms. The van der Waals surface area contributed by atoms with Gasteiger partial charge in [0.05, 0.1) is 21.1 Å². The second-order valence-corrected chi connectivity index (χ2v) is 7.77. The van der Waals surface area contributed by atoms with Crippen molar-refractivity contribution in [3.8, 4) is 11.3 Å². The predicted molar refractivity (Wildman–Crippen MR) is 119 cm³/mol. The van der Waals surface area contributed by atoms with Gasteiger partial charge in [-0.1, -0.05) is 24.3 Å². The molecule has 0 saturated carbocycles. The highest BCUT2D eigenvalue weighted by atomic mass is 32.2. The molecule has 3 aromatic rings. The van der Waals surface area contributed by atoms with Crippen LogP contribution in [-0.2, 0) is 9.59 Å². The predicted octanol–water partition coefficient (Wildman–Crippen LogP) is 4.67. The van der Waals surface area contributed by atoms with Crippen molar-refractivity contribution in [3.63, 3.8) is 0 Å². The number of nitrogens with zero attached hydrogens (tertiary/aromatic N) is 2. The smallest absolute Gasteiger partial charge is 0.294 e. The number of nitro benzene ring substituents is 1. The molecular formula is C22H14FN3O6S. The first kappa shape index (κ1) is 22.0. The van der Waals surface area contributed by atoms with Gasteiger partial charge in [-0.15, -0.1) is 0 Å². The van der Waals surface area contributed by atoms with E-state index in [1.807, 2.05) is 0 Å². The van der Waals surface area contributed by atoms with Gasteiger partial charge in [-0.3, -0.25) is 29.4 Å². The Morgan fingerprint density at radius 3 is 2.61 bits per heavy atom. The molecule has 11 heteroatoms. The average molecular weight is 467 g/mol. The molecule has 166 valence electrons. The van der Waals surface area contributed by atoms with Crippen LogP contribution in [0.4, 0.5) is 20.6 Å². The summed E-state index contributed by atoms with van der Waals surface area (Å²) in [6.45, 7) is -0.587. The van der Waals surface area contributed by atoms with Gasteiger partial charge in [-0.2, -0.15) is 0 Å². The number of hydrogen-bond donors (Lipinski definition) is 1. The van der Waals surface area contributed by atoms with E-state index in [0.717, 1.165) is 4.90 Å². The molecule has 1 aromatic heterocycles. The summed E-state index contributed by atoms with van der Waals surface area (Å²) in [7, 11) is 0. The summed E-state index contributed by atoms with van der Waals surface area (Å²) in [6.07, 6.45) is 1.32. The lowest BCUT2D eigenvalue weighted by atomic mass is 10.1. The fraction of sp³-hybridized carbons (Fsp3) is 0.0455. The Balaban J connectivity index is 1.49. The maximum absolute atomic E-state index is 13.7. The number of rotatable bonds is 6. The molecule has 2 heterocycles. The summed E-state index contributed by atoms with van der Waals surface area (Å²) in [5.74, 6) is -1.67. The molecule has 9 nitrogen and oxygen atoms in total. The lowest BCUT2D eigenvalue weighted by Gasteiger charge is -2.12. The Morgan fingerprint density at radius 1 is 1.12 bits per heavy atom. The number of hydrogen-bond acceptors (Lipinski definition) is 7. The van der Waals surface area contributed by atoms with E-state index < -0.39 is 34.3 Å². The second kappa shape index (κ2) is 9.09. The Labute approximate surface area is 190 Å². The number of amides is 3. The molecule has 33 heavy (non-hydrogen) atoms. The fourth-order valence-electron chi connectivity index (χ4n) is 3.08. The van der Waals surface area contributed by atoms with Crippen LogP contribution < -0.4 is 5.32 Å². The Bertz CT molecular complexity index is 1320. The minimum atomic E-state index is -0.736. The van der Waals surface area contributed by atoms with E-state index >= 15 is 0 Å². The largest absolute Gasteiger partial charge is 0.456 e. The number of para-hydroxylation sites is 2. The van der Waals surface area contributed by atoms with Crippen LogP contribution in [0, 0.1) is 15.9 Å². The fourth-order valence-corrected chi connectivity index (χ4v) is 3.90. The van der Waals surface area contributed by atoms with E-state index in [1.54, 1.807) is 6.07 Å². The molecular weight excluding hydrogens is 453 g/mol. The van der Waals surface area contributed by atoms with Crippen molar-refractivity contribution < 1.29 is 28.1 Å². The van der Waals surface area contributed by atoms with Gasteiger partial charge in [0.1, 0.15) is 23.9 Å². The Kier molecular flexibility index (Phi) is 6.05. The summed E-state index contributed by atoms with van der Waals surface area (Å²) < 4.78 is 19.3. The number of nitrogens with one attached hydrogen (secondary N) is 1. The van der Waals surface area contributed by atoms with Gasteiger partial charge >= 0.3 is 0 Å². The van der Waals surface area contributed by atoms with Gasteiger partial charge in [0, 0.05) is 12.1 Å². The minimum absolute atomic E-state index is 0.0159. The summed E-state index contributed by atoms with van der Waals surface area (Å²) in [5.41, 5.74) is 0.0581. The molecule has 0 atom stereocenters. The number of carbonyl (C=O) groups is 3. The van der Waals surface area contributed by atoms with Crippen LogP contribution in [0.3, 0.4) is 0 Å². The van der Waals surface area contributed by atoms with Crippen LogP contribution in [0.2, 0.25) is 0 Å². The van der Waals surface area contributed by atoms with E-state index in [0.29, 0.717) is 11.8 Å². The highest BCUT2D eigenvalue weighted by molar-refractivity contribution is 8.18. The van der Waals surface area contributed by atoms with Gasteiger partial charge < -0.3 is 9.73 Å². The number of nitro groups is 1. The minimum Gasteiger partial charge on any atom is -0.456 e. The van der Waals surface area contributed by atoms with E-state index in [-0.39, 0.29) is 33.4 Å². The van der Waals surface area contributed by atoms with Crippen molar-refractivity contribution in [2.75, 3.05) is 11.9 Å². The summed E-state index contributed by atoms with van der Waals surface area (Å²) in [4.78, 5) is 48.5. The molecule has 0 spiro atoms. The van der Waals surface area contributed by atoms with E-state index in [4.69, 9.17) is 4.42 Å². The van der Waals surface area contributed by atoms with Gasteiger partial charge in [0.25, 0.3) is 16.8 Å². The normalized spacial score (nSPS) is 14.7. The van der Waals surface area contributed by atoms with Crippen molar-refractivity contribution in [2.45, 2.75) is 0 Å². The number of furan rings is 1. The number of benzene rings is 2. The quantitative estimate of drug-likeness (QED) is 0.317. The number of carbonyl (C=O) groups excluding carboxylic acids is 3. The third kappa shape index (κ3) is 4.67. The molecule has 0 radical (unpaired) electrons. The van der Waals surface area contributed by atoms with Crippen molar-refractivity contribution >= 4 is 46.3 Å². The molecule has 1 aliphatic rings. The van der Waals surface area contributed by atoms with Gasteiger partial charge in [-0.05, 0) is 42.1 Å². The molecule has 1 aliphatic heterocycles. The van der Waals surface area contributed by atoms with E-state index in [1.165, 1.54) is 60.7 Å². The zero-order valence-corrected chi connectivity index (χ0v) is 17.5. The highest BCUT2D eigenvalue weighted by Gasteiger charge is 2.36. The van der Waals surface area contributed by atoms with Crippen LogP contribution in [0.5, 0.6) is 0 Å². The molecule has 1 fully saturated rings. The monoisotopic (exact) mass is 467 g/mol. The number of imide groups is 1. The number of halogens is 1. The standard InChI is InChI=1S/C22H14FN3O6S/c23-15-6-2-3-7-16(15)24-20(27)12-25-21(28)19(33-22(25)29)11-13-9-10-18(32-13)14-5-1-4-8-17(14)26(30)31/h1-11H,12H2,(H,24,27)/b19-11+. The van der Waals surface area contributed by atoms with Gasteiger partial charge in [0.2, 0.25) is 5.91 Å². The van der Waals surface area contributed by atoms with Crippen molar-refractivity contribution in [3.05, 3.63) is 87.3 Å². The lowest BCUT2D eigenvalue weighted by molar-refractivity contribution is -0.384. The number of anilines is 1. The van der Waals surface area contributed by atoms with Crippen LogP contribution in [-0.4, -0.2) is 33.4 Å². The van der Waals surface area contributed by atoms with Crippen LogP contribution in [0.15, 0.2) is 70.0 Å². The molecule has 0 unspecified atom stereocenters. The van der Waals surface area contributed by atoms with Gasteiger partial charge in [-0.25, -0.2) is 4.39 Å². The molecule has 2 aromatic carbocycles. The van der Waals surface area contributed by atoms with Crippen LogP contribution in [0.25, 0.3) is 17.4 Å². The van der Waals surface area contributed by atoms with Crippen molar-refractivity contribution in [1.82, 2.24) is 4.90 Å². The first-order valence-electron chi connectivity index (χ1n) is 9.47. The first-order chi connectivity index (χ1) is 15.8. The second-order valence-electron chi connectivity index (χ2n) is 6.77. The van der Waals surface area contributed by atoms with Crippen LogP contribution in [0.1, 0.15) is 5.76 Å². The lowest BCUT2D eigenvalue weighted by Crippen LogP contribution is -2.36. The summed E-state index contributed by atoms with van der Waals surface area (Å²) in [6, 6.07) is 14.6. The Morgan fingerprint density at radius 2 is 1.85 bits per heavy atom. The zero-order chi connectivity index (χ0) is 23.5.